The van der Waals surface area contributed by atoms with E-state index in [-0.39, 0.29) is 6.04 Å². The number of sulfonamides is 1. The highest BCUT2D eigenvalue weighted by Crippen LogP contribution is 2.31. The van der Waals surface area contributed by atoms with Gasteiger partial charge in [0.15, 0.2) is 0 Å². The minimum absolute atomic E-state index is 0.00716. The monoisotopic (exact) mass is 435 g/mol. The second kappa shape index (κ2) is 8.73. The van der Waals surface area contributed by atoms with Gasteiger partial charge in [-0.2, -0.15) is 0 Å². The molecule has 0 spiro atoms. The first-order chi connectivity index (χ1) is 13.9. The molecule has 4 rings (SSSR count). The summed E-state index contributed by atoms with van der Waals surface area (Å²) >= 11 is 1.31. The van der Waals surface area contributed by atoms with Gasteiger partial charge in [-0.25, -0.2) is 13.1 Å². The maximum atomic E-state index is 12.8. The van der Waals surface area contributed by atoms with Crippen molar-refractivity contribution in [2.45, 2.75) is 30.0 Å². The average Bonchev–Trinajstić information content (AvgIpc) is 3.16. The molecule has 0 saturated carbocycles. The SMILES string of the molecule is Cc1ccc(S(=O)(=O)NC[C@H](c2ccc3c(c2)CCCN3C)N2CCOCC2)s1. The molecule has 1 N–H and O–H groups in total. The van der Waals surface area contributed by atoms with E-state index < -0.39 is 10.0 Å². The number of aryl methyl sites for hydroxylation is 2. The van der Waals surface area contributed by atoms with Gasteiger partial charge >= 0.3 is 0 Å². The van der Waals surface area contributed by atoms with Gasteiger partial charge in [0.05, 0.1) is 13.2 Å². The summed E-state index contributed by atoms with van der Waals surface area (Å²) < 4.78 is 34.3. The molecule has 1 aromatic heterocycles. The van der Waals surface area contributed by atoms with Crippen molar-refractivity contribution < 1.29 is 13.2 Å². The zero-order valence-electron chi connectivity index (χ0n) is 17.1. The van der Waals surface area contributed by atoms with Crippen molar-refractivity contribution in [3.05, 3.63) is 46.3 Å². The Labute approximate surface area is 177 Å². The number of morpholine rings is 1. The molecule has 1 saturated heterocycles. The number of rotatable bonds is 6. The molecule has 2 aliphatic heterocycles. The lowest BCUT2D eigenvalue weighted by atomic mass is 9.96. The number of thiophene rings is 1. The summed E-state index contributed by atoms with van der Waals surface area (Å²) in [7, 11) is -1.37. The second-order valence-corrected chi connectivity index (χ2v) is 11.1. The lowest BCUT2D eigenvalue weighted by molar-refractivity contribution is 0.0172. The van der Waals surface area contributed by atoms with Crippen LogP contribution < -0.4 is 9.62 Å². The first-order valence-electron chi connectivity index (χ1n) is 10.2. The molecule has 0 amide bonds. The minimum Gasteiger partial charge on any atom is -0.379 e. The fourth-order valence-electron chi connectivity index (χ4n) is 4.18. The Morgan fingerprint density at radius 2 is 1.97 bits per heavy atom. The molecule has 2 aliphatic rings. The van der Waals surface area contributed by atoms with Gasteiger partial charge in [-0.3, -0.25) is 4.90 Å². The van der Waals surface area contributed by atoms with Crippen LogP contribution in [0.3, 0.4) is 0 Å². The summed E-state index contributed by atoms with van der Waals surface area (Å²) in [4.78, 5) is 5.63. The molecule has 1 aromatic carbocycles. The molecule has 1 atom stereocenters. The molecule has 2 aromatic rings. The Kier molecular flexibility index (Phi) is 6.27. The van der Waals surface area contributed by atoms with E-state index in [1.54, 1.807) is 6.07 Å². The lowest BCUT2D eigenvalue weighted by Crippen LogP contribution is -2.43. The number of hydrogen-bond acceptors (Lipinski definition) is 6. The largest absolute Gasteiger partial charge is 0.379 e. The summed E-state index contributed by atoms with van der Waals surface area (Å²) in [6.45, 7) is 6.34. The van der Waals surface area contributed by atoms with E-state index in [0.29, 0.717) is 24.0 Å². The van der Waals surface area contributed by atoms with Crippen LogP contribution in [0.25, 0.3) is 0 Å². The number of hydrogen-bond donors (Lipinski definition) is 1. The highest BCUT2D eigenvalue weighted by Gasteiger charge is 2.27. The topological polar surface area (TPSA) is 61.9 Å². The number of nitrogens with one attached hydrogen (secondary N) is 1. The molecule has 0 unspecified atom stereocenters. The van der Waals surface area contributed by atoms with Crippen LogP contribution in [0.1, 0.15) is 28.5 Å². The molecule has 0 radical (unpaired) electrons. The molecule has 0 bridgehead atoms. The van der Waals surface area contributed by atoms with Gasteiger partial charge in [0.1, 0.15) is 4.21 Å². The van der Waals surface area contributed by atoms with E-state index in [4.69, 9.17) is 4.74 Å². The number of ether oxygens (including phenoxy) is 1. The van der Waals surface area contributed by atoms with E-state index in [0.717, 1.165) is 37.4 Å². The Morgan fingerprint density at radius 3 is 2.69 bits per heavy atom. The van der Waals surface area contributed by atoms with Crippen molar-refractivity contribution in [3.63, 3.8) is 0 Å². The van der Waals surface area contributed by atoms with E-state index >= 15 is 0 Å². The van der Waals surface area contributed by atoms with Gasteiger partial charge in [-0.05, 0) is 49.1 Å². The van der Waals surface area contributed by atoms with Crippen LogP contribution in [0, 0.1) is 6.92 Å². The van der Waals surface area contributed by atoms with Crippen LogP contribution in [-0.4, -0.2) is 59.8 Å². The molecule has 3 heterocycles. The highest BCUT2D eigenvalue weighted by molar-refractivity contribution is 7.91. The average molecular weight is 436 g/mol. The van der Waals surface area contributed by atoms with Gasteiger partial charge < -0.3 is 9.64 Å². The van der Waals surface area contributed by atoms with Crippen LogP contribution >= 0.6 is 11.3 Å². The number of benzene rings is 1. The lowest BCUT2D eigenvalue weighted by Gasteiger charge is -2.36. The zero-order chi connectivity index (χ0) is 20.4. The van der Waals surface area contributed by atoms with Gasteiger partial charge in [0.2, 0.25) is 10.0 Å². The van der Waals surface area contributed by atoms with Crippen molar-refractivity contribution in [2.24, 2.45) is 0 Å². The fraction of sp³-hybridized carbons (Fsp3) is 0.524. The van der Waals surface area contributed by atoms with E-state index in [2.05, 4.69) is 39.8 Å². The molecule has 29 heavy (non-hydrogen) atoms. The number of fused-ring (bicyclic) bond motifs is 1. The normalized spacial score (nSPS) is 19.2. The Balaban J connectivity index is 1.58. The molecule has 1 fully saturated rings. The van der Waals surface area contributed by atoms with Gasteiger partial charge in [0.25, 0.3) is 0 Å². The van der Waals surface area contributed by atoms with Crippen molar-refractivity contribution in [3.8, 4) is 0 Å². The Hall–Kier alpha value is -1.45. The first kappa shape index (κ1) is 20.8. The summed E-state index contributed by atoms with van der Waals surface area (Å²) in [6, 6.07) is 10.1. The predicted molar refractivity (Wildman–Crippen MR) is 117 cm³/mol. The van der Waals surface area contributed by atoms with Crippen molar-refractivity contribution >= 4 is 27.0 Å². The maximum absolute atomic E-state index is 12.8. The van der Waals surface area contributed by atoms with Crippen LogP contribution in [0.4, 0.5) is 5.69 Å². The van der Waals surface area contributed by atoms with Crippen LogP contribution in [0.5, 0.6) is 0 Å². The molecular formula is C21H29N3O3S2. The number of anilines is 1. The van der Waals surface area contributed by atoms with E-state index in [1.807, 2.05) is 13.0 Å². The summed E-state index contributed by atoms with van der Waals surface area (Å²) in [6.07, 6.45) is 2.23. The van der Waals surface area contributed by atoms with Gasteiger partial charge in [-0.15, -0.1) is 11.3 Å². The third-order valence-electron chi connectivity index (χ3n) is 5.77. The molecule has 6 nitrogen and oxygen atoms in total. The fourth-order valence-corrected chi connectivity index (χ4v) is 6.54. The quantitative estimate of drug-likeness (QED) is 0.756. The summed E-state index contributed by atoms with van der Waals surface area (Å²) in [5.74, 6) is 0. The first-order valence-corrected chi connectivity index (χ1v) is 12.5. The minimum atomic E-state index is -3.50. The van der Waals surface area contributed by atoms with Crippen molar-refractivity contribution in [2.75, 3.05) is 51.3 Å². The molecular weight excluding hydrogens is 406 g/mol. The zero-order valence-corrected chi connectivity index (χ0v) is 18.7. The van der Waals surface area contributed by atoms with Gasteiger partial charge in [-0.1, -0.05) is 12.1 Å². The maximum Gasteiger partial charge on any atom is 0.250 e. The van der Waals surface area contributed by atoms with E-state index in [1.165, 1.54) is 28.2 Å². The number of nitrogens with zero attached hydrogens (tertiary/aromatic N) is 2. The summed E-state index contributed by atoms with van der Waals surface area (Å²) in [5, 5.41) is 0. The third-order valence-corrected chi connectivity index (χ3v) is 8.69. The predicted octanol–water partition coefficient (Wildman–Crippen LogP) is 2.79. The van der Waals surface area contributed by atoms with Crippen LogP contribution in [0.2, 0.25) is 0 Å². The second-order valence-electron chi connectivity index (χ2n) is 7.79. The smallest absolute Gasteiger partial charge is 0.250 e. The van der Waals surface area contributed by atoms with Gasteiger partial charge in [0, 0.05) is 49.8 Å². The molecule has 8 heteroatoms. The van der Waals surface area contributed by atoms with Crippen molar-refractivity contribution in [1.82, 2.24) is 9.62 Å². The van der Waals surface area contributed by atoms with E-state index in [9.17, 15) is 8.42 Å². The highest BCUT2D eigenvalue weighted by atomic mass is 32.2. The molecule has 158 valence electrons. The Bertz CT molecular complexity index is 952. The standard InChI is InChI=1S/C21H29N3O3S2/c1-16-5-8-21(28-16)29(25,26)22-15-20(24-10-12-27-13-11-24)18-6-7-19-17(14-18)4-3-9-23(19)2/h5-8,14,20,22H,3-4,9-13,15H2,1-2H3/t20-/m1/s1. The third kappa shape index (κ3) is 4.67. The molecule has 0 aliphatic carbocycles. The Morgan fingerprint density at radius 1 is 1.17 bits per heavy atom. The van der Waals surface area contributed by atoms with Crippen LogP contribution in [0.15, 0.2) is 34.5 Å². The summed E-state index contributed by atoms with van der Waals surface area (Å²) in [5.41, 5.74) is 3.81. The van der Waals surface area contributed by atoms with Crippen LogP contribution in [-0.2, 0) is 21.2 Å². The van der Waals surface area contributed by atoms with Crippen molar-refractivity contribution in [1.29, 1.82) is 0 Å².